The minimum Gasteiger partial charge on any atom is -0.494 e. The Bertz CT molecular complexity index is 595. The van der Waals surface area contributed by atoms with E-state index in [-0.39, 0.29) is 0 Å². The largest absolute Gasteiger partial charge is 0.494 e. The fourth-order valence-corrected chi connectivity index (χ4v) is 2.66. The second-order valence-corrected chi connectivity index (χ2v) is 5.34. The molecule has 1 saturated heterocycles. The lowest BCUT2D eigenvalue weighted by molar-refractivity contribution is 0.303. The quantitative estimate of drug-likeness (QED) is 0.920. The van der Waals surface area contributed by atoms with Crippen molar-refractivity contribution in [2.45, 2.75) is 6.61 Å². The Morgan fingerprint density at radius 1 is 1.05 bits per heavy atom. The summed E-state index contributed by atoms with van der Waals surface area (Å²) < 4.78 is 11.4. The number of ether oxygens (including phenoxy) is 2. The lowest BCUT2D eigenvalue weighted by Gasteiger charge is -2.30. The first-order valence-corrected chi connectivity index (χ1v) is 7.67. The zero-order chi connectivity index (χ0) is 15.2. The first-order chi connectivity index (χ1) is 10.9. The van der Waals surface area contributed by atoms with Gasteiger partial charge in [-0.3, -0.25) is 0 Å². The second-order valence-electron chi connectivity index (χ2n) is 5.34. The Kier molecular flexibility index (Phi) is 4.81. The third-order valence-corrected chi connectivity index (χ3v) is 3.86. The molecule has 0 atom stereocenters. The SMILES string of the molecule is COc1cc(OCc2ccccc2)ccc1N1CCNCC1. The molecule has 1 fully saturated rings. The number of anilines is 1. The van der Waals surface area contributed by atoms with Crippen LogP contribution in [-0.2, 0) is 6.61 Å². The van der Waals surface area contributed by atoms with Crippen LogP contribution in [0.25, 0.3) is 0 Å². The van der Waals surface area contributed by atoms with Gasteiger partial charge in [0.2, 0.25) is 0 Å². The number of benzene rings is 2. The van der Waals surface area contributed by atoms with E-state index in [1.807, 2.05) is 30.3 Å². The van der Waals surface area contributed by atoms with Crippen LogP contribution >= 0.6 is 0 Å². The normalized spacial score (nSPS) is 14.7. The number of hydrogen-bond acceptors (Lipinski definition) is 4. The average molecular weight is 298 g/mol. The standard InChI is InChI=1S/C18H22N2O2/c1-21-18-13-16(22-14-15-5-3-2-4-6-15)7-8-17(18)20-11-9-19-10-12-20/h2-8,13,19H,9-12,14H2,1H3. The van der Waals surface area contributed by atoms with E-state index >= 15 is 0 Å². The molecule has 22 heavy (non-hydrogen) atoms. The van der Waals surface area contributed by atoms with Crippen LogP contribution in [0.5, 0.6) is 11.5 Å². The minimum atomic E-state index is 0.566. The molecule has 1 N–H and O–H groups in total. The van der Waals surface area contributed by atoms with Crippen LogP contribution in [0.4, 0.5) is 5.69 Å². The molecule has 2 aromatic carbocycles. The van der Waals surface area contributed by atoms with Gasteiger partial charge in [0.05, 0.1) is 12.8 Å². The highest BCUT2D eigenvalue weighted by Gasteiger charge is 2.15. The van der Waals surface area contributed by atoms with Gasteiger partial charge in [0.1, 0.15) is 18.1 Å². The summed E-state index contributed by atoms with van der Waals surface area (Å²) in [5, 5.41) is 3.36. The molecule has 0 amide bonds. The van der Waals surface area contributed by atoms with Crippen LogP contribution in [0.1, 0.15) is 5.56 Å². The maximum absolute atomic E-state index is 5.87. The van der Waals surface area contributed by atoms with Gasteiger partial charge in [-0.05, 0) is 17.7 Å². The molecular weight excluding hydrogens is 276 g/mol. The van der Waals surface area contributed by atoms with E-state index in [4.69, 9.17) is 9.47 Å². The summed E-state index contributed by atoms with van der Waals surface area (Å²) in [7, 11) is 1.71. The van der Waals surface area contributed by atoms with Gasteiger partial charge in [0.25, 0.3) is 0 Å². The van der Waals surface area contributed by atoms with Gasteiger partial charge in [-0.1, -0.05) is 30.3 Å². The lowest BCUT2D eigenvalue weighted by Crippen LogP contribution is -2.43. The van der Waals surface area contributed by atoms with Gasteiger partial charge in [0.15, 0.2) is 0 Å². The van der Waals surface area contributed by atoms with E-state index in [0.717, 1.165) is 48.9 Å². The van der Waals surface area contributed by atoms with Gasteiger partial charge in [0, 0.05) is 32.2 Å². The van der Waals surface area contributed by atoms with Crippen molar-refractivity contribution in [2.75, 3.05) is 38.2 Å². The Morgan fingerprint density at radius 3 is 2.55 bits per heavy atom. The van der Waals surface area contributed by atoms with Crippen molar-refractivity contribution < 1.29 is 9.47 Å². The van der Waals surface area contributed by atoms with Crippen LogP contribution in [0, 0.1) is 0 Å². The van der Waals surface area contributed by atoms with Crippen LogP contribution in [0.2, 0.25) is 0 Å². The fraction of sp³-hybridized carbons (Fsp3) is 0.333. The van der Waals surface area contributed by atoms with E-state index < -0.39 is 0 Å². The summed E-state index contributed by atoms with van der Waals surface area (Å²) >= 11 is 0. The van der Waals surface area contributed by atoms with Gasteiger partial charge in [-0.25, -0.2) is 0 Å². The maximum atomic E-state index is 5.87. The number of piperazine rings is 1. The first kappa shape index (κ1) is 14.7. The molecule has 0 spiro atoms. The maximum Gasteiger partial charge on any atom is 0.145 e. The number of nitrogens with zero attached hydrogens (tertiary/aromatic N) is 1. The summed E-state index contributed by atoms with van der Waals surface area (Å²) in [6, 6.07) is 16.3. The first-order valence-electron chi connectivity index (χ1n) is 7.67. The van der Waals surface area contributed by atoms with Crippen LogP contribution in [0.3, 0.4) is 0 Å². The summed E-state index contributed by atoms with van der Waals surface area (Å²) in [6.45, 7) is 4.59. The third kappa shape index (κ3) is 3.52. The van der Waals surface area contributed by atoms with Gasteiger partial charge in [-0.15, -0.1) is 0 Å². The van der Waals surface area contributed by atoms with Crippen molar-refractivity contribution in [2.24, 2.45) is 0 Å². The molecule has 1 aliphatic rings. The third-order valence-electron chi connectivity index (χ3n) is 3.86. The smallest absolute Gasteiger partial charge is 0.145 e. The molecule has 0 aromatic heterocycles. The van der Waals surface area contributed by atoms with E-state index in [0.29, 0.717) is 6.61 Å². The number of nitrogens with one attached hydrogen (secondary N) is 1. The van der Waals surface area contributed by atoms with Crippen molar-refractivity contribution in [1.82, 2.24) is 5.32 Å². The van der Waals surface area contributed by atoms with Crippen molar-refractivity contribution in [3.8, 4) is 11.5 Å². The molecule has 0 bridgehead atoms. The highest BCUT2D eigenvalue weighted by atomic mass is 16.5. The molecule has 1 heterocycles. The number of hydrogen-bond donors (Lipinski definition) is 1. The molecule has 116 valence electrons. The topological polar surface area (TPSA) is 33.7 Å². The Balaban J connectivity index is 1.71. The van der Waals surface area contributed by atoms with E-state index in [1.165, 1.54) is 0 Å². The lowest BCUT2D eigenvalue weighted by atomic mass is 10.2. The molecule has 1 aliphatic heterocycles. The number of methoxy groups -OCH3 is 1. The summed E-state index contributed by atoms with van der Waals surface area (Å²) in [5.41, 5.74) is 2.30. The predicted molar refractivity (Wildman–Crippen MR) is 88.9 cm³/mol. The molecule has 4 nitrogen and oxygen atoms in total. The van der Waals surface area contributed by atoms with Crippen LogP contribution in [0.15, 0.2) is 48.5 Å². The molecule has 3 rings (SSSR count). The Labute approximate surface area is 131 Å². The Morgan fingerprint density at radius 2 is 1.82 bits per heavy atom. The van der Waals surface area contributed by atoms with E-state index in [2.05, 4.69) is 28.4 Å². The zero-order valence-corrected chi connectivity index (χ0v) is 12.9. The van der Waals surface area contributed by atoms with Crippen molar-refractivity contribution in [3.05, 3.63) is 54.1 Å². The predicted octanol–water partition coefficient (Wildman–Crippen LogP) is 2.68. The van der Waals surface area contributed by atoms with E-state index in [1.54, 1.807) is 7.11 Å². The molecular formula is C18H22N2O2. The molecule has 0 radical (unpaired) electrons. The summed E-state index contributed by atoms with van der Waals surface area (Å²) in [4.78, 5) is 2.34. The highest BCUT2D eigenvalue weighted by Crippen LogP contribution is 2.32. The van der Waals surface area contributed by atoms with Crippen LogP contribution < -0.4 is 19.7 Å². The average Bonchev–Trinajstić information content (AvgIpc) is 2.61. The van der Waals surface area contributed by atoms with Crippen molar-refractivity contribution >= 4 is 5.69 Å². The van der Waals surface area contributed by atoms with Gasteiger partial charge >= 0.3 is 0 Å². The zero-order valence-electron chi connectivity index (χ0n) is 12.9. The fourth-order valence-electron chi connectivity index (χ4n) is 2.66. The van der Waals surface area contributed by atoms with Crippen molar-refractivity contribution in [1.29, 1.82) is 0 Å². The van der Waals surface area contributed by atoms with Gasteiger partial charge in [-0.2, -0.15) is 0 Å². The second kappa shape index (κ2) is 7.18. The van der Waals surface area contributed by atoms with Gasteiger partial charge < -0.3 is 19.7 Å². The highest BCUT2D eigenvalue weighted by molar-refractivity contribution is 5.61. The van der Waals surface area contributed by atoms with E-state index in [9.17, 15) is 0 Å². The summed E-state index contributed by atoms with van der Waals surface area (Å²) in [5.74, 6) is 1.70. The Hall–Kier alpha value is -2.20. The van der Waals surface area contributed by atoms with Crippen LogP contribution in [-0.4, -0.2) is 33.3 Å². The summed E-state index contributed by atoms with van der Waals surface area (Å²) in [6.07, 6.45) is 0. The number of rotatable bonds is 5. The molecule has 0 aliphatic carbocycles. The monoisotopic (exact) mass is 298 g/mol. The molecule has 4 heteroatoms. The van der Waals surface area contributed by atoms with Crippen molar-refractivity contribution in [3.63, 3.8) is 0 Å². The molecule has 0 saturated carbocycles. The minimum absolute atomic E-state index is 0.566. The molecule has 2 aromatic rings. The molecule has 0 unspecified atom stereocenters.